The second-order valence-corrected chi connectivity index (χ2v) is 8.07. The minimum Gasteiger partial charge on any atom is -0.325 e. The maximum atomic E-state index is 13.4. The second-order valence-electron chi connectivity index (χ2n) is 7.71. The zero-order chi connectivity index (χ0) is 23.0. The van der Waals surface area contributed by atoms with Crippen LogP contribution in [-0.4, -0.2) is 34.1 Å². The number of carbonyl (C=O) groups excluding carboxylic acids is 3. The van der Waals surface area contributed by atoms with Crippen LogP contribution in [0.4, 0.5) is 11.4 Å². The largest absolute Gasteiger partial charge is 0.325 e. The third kappa shape index (κ3) is 3.99. The first-order valence-electron chi connectivity index (χ1n) is 10.1. The molecule has 0 bridgehead atoms. The van der Waals surface area contributed by atoms with Crippen LogP contribution in [0, 0.1) is 6.92 Å². The Morgan fingerprint density at radius 3 is 2.59 bits per heavy atom. The highest BCUT2D eigenvalue weighted by molar-refractivity contribution is 6.33. The molecule has 2 aromatic heterocycles. The molecule has 162 valence electrons. The van der Waals surface area contributed by atoms with Gasteiger partial charge in [0.2, 0.25) is 11.8 Å². The van der Waals surface area contributed by atoms with Crippen molar-refractivity contribution in [3.63, 3.8) is 0 Å². The van der Waals surface area contributed by atoms with Crippen molar-refractivity contribution in [3.8, 4) is 11.1 Å². The smallest absolute Gasteiger partial charge is 0.244 e. The number of rotatable bonds is 4. The van der Waals surface area contributed by atoms with Gasteiger partial charge in [-0.15, -0.1) is 0 Å². The lowest BCUT2D eigenvalue weighted by molar-refractivity contribution is -0.122. The number of anilines is 2. The summed E-state index contributed by atoms with van der Waals surface area (Å²) in [5.74, 6) is -1.26. The molecule has 0 radical (unpaired) electrons. The van der Waals surface area contributed by atoms with Crippen LogP contribution >= 0.6 is 11.6 Å². The van der Waals surface area contributed by atoms with Crippen LogP contribution in [0.25, 0.3) is 11.1 Å². The molecule has 1 aliphatic heterocycles. The normalized spacial score (nSPS) is 14.9. The highest BCUT2D eigenvalue weighted by Gasteiger charge is 2.35. The molecule has 0 saturated carbocycles. The summed E-state index contributed by atoms with van der Waals surface area (Å²) >= 11 is 6.51. The van der Waals surface area contributed by atoms with Crippen LogP contribution in [0.1, 0.15) is 41.5 Å². The molecule has 1 aromatic carbocycles. The minimum atomic E-state index is -0.572. The monoisotopic (exact) mass is 448 g/mol. The summed E-state index contributed by atoms with van der Waals surface area (Å²) in [6.07, 6.45) is 1.63. The van der Waals surface area contributed by atoms with Gasteiger partial charge in [-0.2, -0.15) is 0 Å². The van der Waals surface area contributed by atoms with Crippen molar-refractivity contribution in [2.45, 2.75) is 26.7 Å². The summed E-state index contributed by atoms with van der Waals surface area (Å²) in [4.78, 5) is 47.9. The Hall–Kier alpha value is -3.58. The van der Waals surface area contributed by atoms with Gasteiger partial charge in [-0.1, -0.05) is 17.7 Å². The van der Waals surface area contributed by atoms with Gasteiger partial charge in [-0.3, -0.25) is 19.4 Å². The van der Waals surface area contributed by atoms with Crippen molar-refractivity contribution < 1.29 is 14.4 Å². The highest BCUT2D eigenvalue weighted by atomic mass is 35.5. The lowest BCUT2D eigenvalue weighted by atomic mass is 9.98. The van der Waals surface area contributed by atoms with E-state index >= 15 is 0 Å². The van der Waals surface area contributed by atoms with Crippen LogP contribution < -0.4 is 10.2 Å². The number of ketones is 1. The summed E-state index contributed by atoms with van der Waals surface area (Å²) in [5, 5.41) is 3.04. The molecule has 1 aliphatic rings. The number of nitrogens with one attached hydrogen (secondary N) is 1. The number of nitrogens with zero attached hydrogens (tertiary/aromatic N) is 3. The fourth-order valence-corrected chi connectivity index (χ4v) is 4.15. The van der Waals surface area contributed by atoms with Gasteiger partial charge in [0.05, 0.1) is 17.3 Å². The Morgan fingerprint density at radius 2 is 1.91 bits per heavy atom. The SMILES string of the molecule is CC(=O)c1ccc(NC(=O)CN2C(=O)[C@@H](C)c3ncccc3-c3c2cc(C)nc3Cl)cc1. The maximum absolute atomic E-state index is 13.4. The Kier molecular flexibility index (Phi) is 5.76. The van der Waals surface area contributed by atoms with Crippen LogP contribution in [0.15, 0.2) is 48.7 Å². The molecule has 7 nitrogen and oxygen atoms in total. The van der Waals surface area contributed by atoms with E-state index in [0.29, 0.717) is 33.9 Å². The first-order valence-corrected chi connectivity index (χ1v) is 10.5. The number of hydrogen-bond donors (Lipinski definition) is 1. The van der Waals surface area contributed by atoms with Gasteiger partial charge in [0, 0.05) is 34.3 Å². The van der Waals surface area contributed by atoms with E-state index in [1.807, 2.05) is 6.07 Å². The van der Waals surface area contributed by atoms with Crippen molar-refractivity contribution >= 4 is 40.6 Å². The molecule has 1 atom stereocenters. The van der Waals surface area contributed by atoms with Crippen molar-refractivity contribution in [3.05, 3.63) is 70.8 Å². The van der Waals surface area contributed by atoms with E-state index < -0.39 is 5.92 Å². The molecule has 0 aliphatic carbocycles. The number of aryl methyl sites for hydroxylation is 1. The molecule has 8 heteroatoms. The topological polar surface area (TPSA) is 92.3 Å². The van der Waals surface area contributed by atoms with Gasteiger partial charge >= 0.3 is 0 Å². The summed E-state index contributed by atoms with van der Waals surface area (Å²) in [5.41, 5.74) is 4.13. The first-order chi connectivity index (χ1) is 15.3. The van der Waals surface area contributed by atoms with E-state index in [1.54, 1.807) is 56.4 Å². The van der Waals surface area contributed by atoms with Crippen LogP contribution in [0.3, 0.4) is 0 Å². The number of aromatic nitrogens is 2. The van der Waals surface area contributed by atoms with Crippen molar-refractivity contribution in [1.82, 2.24) is 9.97 Å². The van der Waals surface area contributed by atoms with E-state index in [0.717, 1.165) is 5.56 Å². The fraction of sp³-hybridized carbons (Fsp3) is 0.208. The van der Waals surface area contributed by atoms with E-state index in [1.165, 1.54) is 11.8 Å². The molecular weight excluding hydrogens is 428 g/mol. The van der Waals surface area contributed by atoms with E-state index in [4.69, 9.17) is 11.6 Å². The quantitative estimate of drug-likeness (QED) is 0.471. The van der Waals surface area contributed by atoms with Crippen LogP contribution in [0.2, 0.25) is 5.15 Å². The summed E-state index contributed by atoms with van der Waals surface area (Å²) in [6, 6.07) is 12.0. The molecule has 0 unspecified atom stereocenters. The molecule has 32 heavy (non-hydrogen) atoms. The van der Waals surface area contributed by atoms with E-state index in [9.17, 15) is 14.4 Å². The number of fused-ring (bicyclic) bond motifs is 3. The predicted molar refractivity (Wildman–Crippen MR) is 123 cm³/mol. The highest BCUT2D eigenvalue weighted by Crippen LogP contribution is 2.43. The zero-order valence-corrected chi connectivity index (χ0v) is 18.6. The number of benzene rings is 1. The van der Waals surface area contributed by atoms with Gasteiger partial charge in [-0.05, 0) is 57.2 Å². The predicted octanol–water partition coefficient (Wildman–Crippen LogP) is 4.40. The Morgan fingerprint density at radius 1 is 1.19 bits per heavy atom. The van der Waals surface area contributed by atoms with Gasteiger partial charge in [0.15, 0.2) is 5.78 Å². The van der Waals surface area contributed by atoms with Crippen LogP contribution in [0.5, 0.6) is 0 Å². The van der Waals surface area contributed by atoms with Gasteiger partial charge in [-0.25, -0.2) is 4.98 Å². The molecule has 0 fully saturated rings. The summed E-state index contributed by atoms with van der Waals surface area (Å²) in [7, 11) is 0. The Bertz CT molecular complexity index is 1240. The number of pyridine rings is 2. The third-order valence-corrected chi connectivity index (χ3v) is 5.68. The molecule has 1 N–H and O–H groups in total. The molecule has 3 heterocycles. The average molecular weight is 449 g/mol. The Labute approximate surface area is 190 Å². The number of carbonyl (C=O) groups is 3. The number of amides is 2. The van der Waals surface area contributed by atoms with Gasteiger partial charge in [0.1, 0.15) is 11.7 Å². The minimum absolute atomic E-state index is 0.0577. The fourth-order valence-electron chi connectivity index (χ4n) is 3.82. The molecule has 4 rings (SSSR count). The van der Waals surface area contributed by atoms with Crippen molar-refractivity contribution in [2.75, 3.05) is 16.8 Å². The van der Waals surface area contributed by atoms with E-state index in [-0.39, 0.29) is 29.3 Å². The van der Waals surface area contributed by atoms with Crippen molar-refractivity contribution in [1.29, 1.82) is 0 Å². The lowest BCUT2D eigenvalue weighted by Gasteiger charge is -2.24. The molecule has 2 amide bonds. The number of halogens is 1. The standard InChI is InChI=1S/C24H21ClN4O3/c1-13-11-19-21(23(25)27-13)18-5-4-10-26-22(18)14(2)24(32)29(19)12-20(31)28-17-8-6-16(7-9-17)15(3)30/h4-11,14H,12H2,1-3H3,(H,28,31)/t14-/m0/s1. The summed E-state index contributed by atoms with van der Waals surface area (Å²) in [6.45, 7) is 4.81. The van der Waals surface area contributed by atoms with E-state index in [2.05, 4.69) is 15.3 Å². The van der Waals surface area contributed by atoms with Crippen molar-refractivity contribution in [2.24, 2.45) is 0 Å². The first kappa shape index (κ1) is 21.6. The molecule has 3 aromatic rings. The van der Waals surface area contributed by atoms with Gasteiger partial charge < -0.3 is 10.2 Å². The van der Waals surface area contributed by atoms with Crippen LogP contribution in [-0.2, 0) is 9.59 Å². The molecular formula is C24H21ClN4O3. The maximum Gasteiger partial charge on any atom is 0.244 e. The third-order valence-electron chi connectivity index (χ3n) is 5.40. The lowest BCUT2D eigenvalue weighted by Crippen LogP contribution is -2.40. The zero-order valence-electron chi connectivity index (χ0n) is 17.8. The average Bonchev–Trinajstić information content (AvgIpc) is 2.84. The number of Topliss-reactive ketones (excluding diaryl/α,β-unsaturated/α-hetero) is 1. The number of hydrogen-bond acceptors (Lipinski definition) is 5. The Balaban J connectivity index is 1.70. The molecule has 0 saturated heterocycles. The van der Waals surface area contributed by atoms with Gasteiger partial charge in [0.25, 0.3) is 0 Å². The second kappa shape index (κ2) is 8.51. The molecule has 0 spiro atoms. The summed E-state index contributed by atoms with van der Waals surface area (Å²) < 4.78 is 0.